The molecule has 0 aromatic heterocycles. The molecule has 5 nitrogen and oxygen atoms in total. The van der Waals surface area contributed by atoms with Gasteiger partial charge in [-0.15, -0.1) is 0 Å². The van der Waals surface area contributed by atoms with Gasteiger partial charge in [0.2, 0.25) is 0 Å². The van der Waals surface area contributed by atoms with Crippen molar-refractivity contribution in [2.24, 2.45) is 11.7 Å². The number of hydrogen-bond donors (Lipinski definition) is 1. The van der Waals surface area contributed by atoms with E-state index in [4.69, 9.17) is 5.73 Å². The van der Waals surface area contributed by atoms with E-state index in [-0.39, 0.29) is 12.1 Å². The molecule has 0 aromatic rings. The molecule has 1 aliphatic heterocycles. The zero-order chi connectivity index (χ0) is 13.2. The van der Waals surface area contributed by atoms with Gasteiger partial charge >= 0.3 is 0 Å². The van der Waals surface area contributed by atoms with E-state index in [1.54, 1.807) is 11.4 Å². The lowest BCUT2D eigenvalue weighted by Gasteiger charge is -2.39. The summed E-state index contributed by atoms with van der Waals surface area (Å²) in [6.07, 6.45) is 1.92. The topological polar surface area (TPSA) is 66.6 Å². The van der Waals surface area contributed by atoms with Gasteiger partial charge < -0.3 is 5.73 Å². The van der Waals surface area contributed by atoms with Crippen LogP contribution >= 0.6 is 0 Å². The fourth-order valence-corrected chi connectivity index (χ4v) is 3.92. The van der Waals surface area contributed by atoms with Gasteiger partial charge in [0.05, 0.1) is 0 Å². The Morgan fingerprint density at radius 3 is 2.47 bits per heavy atom. The summed E-state index contributed by atoms with van der Waals surface area (Å²) in [4.78, 5) is 0. The molecule has 1 aliphatic rings. The van der Waals surface area contributed by atoms with Crippen LogP contribution in [0.4, 0.5) is 0 Å². The van der Waals surface area contributed by atoms with Crippen molar-refractivity contribution in [2.45, 2.75) is 45.7 Å². The van der Waals surface area contributed by atoms with Gasteiger partial charge in [0.15, 0.2) is 0 Å². The summed E-state index contributed by atoms with van der Waals surface area (Å²) in [7, 11) is -1.70. The largest absolute Gasteiger partial charge is 0.330 e. The molecule has 17 heavy (non-hydrogen) atoms. The standard InChI is InChI=1S/C11H25N3O2S/c1-9(2)13(4)17(15,16)14-8-11(7-12)6-5-10(14)3/h9-11H,5-8,12H2,1-4H3. The second-order valence-electron chi connectivity index (χ2n) is 5.22. The van der Waals surface area contributed by atoms with Crippen molar-refractivity contribution in [3.05, 3.63) is 0 Å². The van der Waals surface area contributed by atoms with E-state index >= 15 is 0 Å². The van der Waals surface area contributed by atoms with Crippen LogP contribution in [0.15, 0.2) is 0 Å². The molecule has 1 saturated heterocycles. The average Bonchev–Trinajstić information content (AvgIpc) is 2.28. The fourth-order valence-electron chi connectivity index (χ4n) is 2.09. The maximum atomic E-state index is 12.4. The van der Waals surface area contributed by atoms with Crippen molar-refractivity contribution in [2.75, 3.05) is 20.1 Å². The zero-order valence-electron chi connectivity index (χ0n) is 11.3. The van der Waals surface area contributed by atoms with Crippen molar-refractivity contribution in [3.8, 4) is 0 Å². The van der Waals surface area contributed by atoms with Crippen LogP contribution in [0.25, 0.3) is 0 Å². The molecule has 0 saturated carbocycles. The lowest BCUT2D eigenvalue weighted by atomic mass is 9.96. The monoisotopic (exact) mass is 263 g/mol. The number of piperidine rings is 1. The SMILES string of the molecule is CC(C)N(C)S(=O)(=O)N1CC(CN)CCC1C. The Morgan fingerprint density at radius 1 is 1.41 bits per heavy atom. The van der Waals surface area contributed by atoms with Crippen molar-refractivity contribution >= 4 is 10.2 Å². The highest BCUT2D eigenvalue weighted by atomic mass is 32.2. The summed E-state index contributed by atoms with van der Waals surface area (Å²) in [5.74, 6) is 0.293. The summed E-state index contributed by atoms with van der Waals surface area (Å²) in [5, 5.41) is 0. The molecule has 0 spiro atoms. The highest BCUT2D eigenvalue weighted by molar-refractivity contribution is 7.86. The van der Waals surface area contributed by atoms with Crippen LogP contribution in [-0.2, 0) is 10.2 Å². The minimum Gasteiger partial charge on any atom is -0.330 e. The minimum atomic E-state index is -3.34. The lowest BCUT2D eigenvalue weighted by molar-refractivity contribution is 0.196. The third kappa shape index (κ3) is 3.19. The summed E-state index contributed by atoms with van der Waals surface area (Å²) in [6.45, 7) is 6.85. The van der Waals surface area contributed by atoms with Gasteiger partial charge in [0.1, 0.15) is 0 Å². The maximum Gasteiger partial charge on any atom is 0.282 e. The zero-order valence-corrected chi connectivity index (χ0v) is 12.1. The molecule has 0 aromatic carbocycles. The van der Waals surface area contributed by atoms with E-state index in [1.165, 1.54) is 4.31 Å². The molecular formula is C11H25N3O2S. The van der Waals surface area contributed by atoms with Crippen LogP contribution in [0.2, 0.25) is 0 Å². The first-order chi connectivity index (χ1) is 7.80. The Morgan fingerprint density at radius 2 is 2.00 bits per heavy atom. The Balaban J connectivity index is 2.88. The van der Waals surface area contributed by atoms with Gasteiger partial charge in [0, 0.05) is 25.7 Å². The minimum absolute atomic E-state index is 0.0227. The quantitative estimate of drug-likeness (QED) is 0.809. The Kier molecular flexibility index (Phi) is 4.95. The molecule has 0 radical (unpaired) electrons. The van der Waals surface area contributed by atoms with Gasteiger partial charge in [-0.25, -0.2) is 0 Å². The van der Waals surface area contributed by atoms with Gasteiger partial charge in [0.25, 0.3) is 10.2 Å². The van der Waals surface area contributed by atoms with E-state index in [9.17, 15) is 8.42 Å². The fraction of sp³-hybridized carbons (Fsp3) is 1.00. The van der Waals surface area contributed by atoms with Crippen molar-refractivity contribution < 1.29 is 8.42 Å². The smallest absolute Gasteiger partial charge is 0.282 e. The molecule has 0 aliphatic carbocycles. The molecule has 0 amide bonds. The van der Waals surface area contributed by atoms with Crippen LogP contribution in [0, 0.1) is 5.92 Å². The van der Waals surface area contributed by atoms with Gasteiger partial charge in [-0.3, -0.25) is 0 Å². The lowest BCUT2D eigenvalue weighted by Crippen LogP contribution is -2.53. The van der Waals surface area contributed by atoms with Crippen LogP contribution in [0.1, 0.15) is 33.6 Å². The number of nitrogens with two attached hydrogens (primary N) is 1. The molecule has 2 atom stereocenters. The maximum absolute atomic E-state index is 12.4. The summed E-state index contributed by atoms with van der Waals surface area (Å²) in [5.41, 5.74) is 5.66. The van der Waals surface area contributed by atoms with Gasteiger partial charge in [-0.2, -0.15) is 17.0 Å². The van der Waals surface area contributed by atoms with Crippen LogP contribution < -0.4 is 5.73 Å². The van der Waals surface area contributed by atoms with Gasteiger partial charge in [-0.1, -0.05) is 0 Å². The number of rotatable bonds is 4. The first-order valence-corrected chi connectivity index (χ1v) is 7.65. The average molecular weight is 263 g/mol. The Bertz CT molecular complexity index is 343. The molecule has 1 heterocycles. The normalized spacial score (nSPS) is 27.9. The summed E-state index contributed by atoms with van der Waals surface area (Å²) < 4.78 is 27.9. The van der Waals surface area contributed by atoms with Crippen molar-refractivity contribution in [3.63, 3.8) is 0 Å². The molecular weight excluding hydrogens is 238 g/mol. The predicted octanol–water partition coefficient (Wildman–Crippen LogP) is 0.631. The first-order valence-electron chi connectivity index (χ1n) is 6.25. The van der Waals surface area contributed by atoms with Crippen LogP contribution in [0.5, 0.6) is 0 Å². The molecule has 1 fully saturated rings. The molecule has 2 N–H and O–H groups in total. The Labute approximate surface area is 105 Å². The predicted molar refractivity (Wildman–Crippen MR) is 69.8 cm³/mol. The van der Waals surface area contributed by atoms with Crippen molar-refractivity contribution in [1.29, 1.82) is 0 Å². The summed E-state index contributed by atoms with van der Waals surface area (Å²) in [6, 6.07) is 0.0504. The van der Waals surface area contributed by atoms with E-state index in [0.717, 1.165) is 12.8 Å². The molecule has 2 unspecified atom stereocenters. The second kappa shape index (κ2) is 5.65. The van der Waals surface area contributed by atoms with Crippen molar-refractivity contribution in [1.82, 2.24) is 8.61 Å². The van der Waals surface area contributed by atoms with E-state index in [1.807, 2.05) is 20.8 Å². The summed E-state index contributed by atoms with van der Waals surface area (Å²) >= 11 is 0. The van der Waals surface area contributed by atoms with E-state index < -0.39 is 10.2 Å². The Hall–Kier alpha value is -0.170. The third-order valence-electron chi connectivity index (χ3n) is 3.64. The van der Waals surface area contributed by atoms with Crippen LogP contribution in [-0.4, -0.2) is 49.2 Å². The molecule has 1 rings (SSSR count). The molecule has 0 bridgehead atoms. The third-order valence-corrected chi connectivity index (χ3v) is 5.89. The van der Waals surface area contributed by atoms with Crippen LogP contribution in [0.3, 0.4) is 0 Å². The molecule has 102 valence electrons. The number of hydrogen-bond acceptors (Lipinski definition) is 3. The highest BCUT2D eigenvalue weighted by Crippen LogP contribution is 2.25. The second-order valence-corrected chi connectivity index (χ2v) is 7.16. The van der Waals surface area contributed by atoms with E-state index in [0.29, 0.717) is 19.0 Å². The highest BCUT2D eigenvalue weighted by Gasteiger charge is 2.36. The number of nitrogens with zero attached hydrogens (tertiary/aromatic N) is 2. The molecule has 6 heteroatoms. The first kappa shape index (κ1) is 14.9. The van der Waals surface area contributed by atoms with Gasteiger partial charge in [-0.05, 0) is 46.1 Å². The van der Waals surface area contributed by atoms with E-state index in [2.05, 4.69) is 0 Å².